The SMILES string of the molecule is O=C(Nc1ccc2c(c1)CNCC2)c1c[nH]c(=O)[nH]c1=O. The number of fused-ring (bicyclic) bond motifs is 1. The fraction of sp³-hybridized carbons (Fsp3) is 0.214. The summed E-state index contributed by atoms with van der Waals surface area (Å²) in [5.41, 5.74) is 1.52. The molecule has 0 spiro atoms. The predicted octanol–water partition coefficient (Wildman–Crippen LogP) is -0.0388. The Hall–Kier alpha value is -2.67. The zero-order valence-corrected chi connectivity index (χ0v) is 11.2. The molecule has 2 aromatic rings. The standard InChI is InChI=1S/C14H14N4O3/c19-12(11-7-16-14(21)18-13(11)20)17-10-2-1-8-3-4-15-6-9(8)5-10/h1-2,5,7,15H,3-4,6H2,(H,17,19)(H2,16,18,20,21). The van der Waals surface area contributed by atoms with Gasteiger partial charge in [-0.2, -0.15) is 0 Å². The number of aromatic amines is 2. The molecule has 0 aliphatic carbocycles. The molecule has 7 heteroatoms. The maximum atomic E-state index is 12.0. The second-order valence-electron chi connectivity index (χ2n) is 4.85. The average molecular weight is 286 g/mol. The van der Waals surface area contributed by atoms with Crippen LogP contribution in [0, 0.1) is 0 Å². The Balaban J connectivity index is 1.84. The molecule has 0 saturated carbocycles. The number of anilines is 1. The van der Waals surface area contributed by atoms with Gasteiger partial charge in [-0.3, -0.25) is 14.6 Å². The first kappa shape index (κ1) is 13.3. The van der Waals surface area contributed by atoms with Gasteiger partial charge in [0.25, 0.3) is 11.5 Å². The summed E-state index contributed by atoms with van der Waals surface area (Å²) in [6, 6.07) is 5.67. The number of nitrogens with one attached hydrogen (secondary N) is 4. The Kier molecular flexibility index (Phi) is 3.41. The summed E-state index contributed by atoms with van der Waals surface area (Å²) in [5.74, 6) is -0.559. The van der Waals surface area contributed by atoms with Gasteiger partial charge in [-0.05, 0) is 36.2 Å². The minimum Gasteiger partial charge on any atom is -0.322 e. The van der Waals surface area contributed by atoms with E-state index in [4.69, 9.17) is 0 Å². The molecule has 0 bridgehead atoms. The largest absolute Gasteiger partial charge is 0.325 e. The smallest absolute Gasteiger partial charge is 0.322 e. The van der Waals surface area contributed by atoms with E-state index in [9.17, 15) is 14.4 Å². The highest BCUT2D eigenvalue weighted by Crippen LogP contribution is 2.19. The molecule has 3 rings (SSSR count). The highest BCUT2D eigenvalue weighted by molar-refractivity contribution is 6.03. The zero-order chi connectivity index (χ0) is 14.8. The molecule has 7 nitrogen and oxygen atoms in total. The second-order valence-corrected chi connectivity index (χ2v) is 4.85. The van der Waals surface area contributed by atoms with E-state index in [1.807, 2.05) is 23.2 Å². The fourth-order valence-electron chi connectivity index (χ4n) is 2.34. The van der Waals surface area contributed by atoms with Crippen molar-refractivity contribution in [2.75, 3.05) is 11.9 Å². The van der Waals surface area contributed by atoms with Crippen molar-refractivity contribution in [1.29, 1.82) is 0 Å². The third kappa shape index (κ3) is 2.77. The minimum absolute atomic E-state index is 0.134. The van der Waals surface area contributed by atoms with Gasteiger partial charge >= 0.3 is 5.69 Å². The predicted molar refractivity (Wildman–Crippen MR) is 77.5 cm³/mol. The molecule has 0 unspecified atom stereocenters. The van der Waals surface area contributed by atoms with Crippen molar-refractivity contribution in [2.24, 2.45) is 0 Å². The van der Waals surface area contributed by atoms with Gasteiger partial charge in [0.1, 0.15) is 5.56 Å². The summed E-state index contributed by atoms with van der Waals surface area (Å²) in [6.45, 7) is 1.71. The van der Waals surface area contributed by atoms with Crippen molar-refractivity contribution < 1.29 is 4.79 Å². The van der Waals surface area contributed by atoms with E-state index in [0.717, 1.165) is 31.3 Å². The third-order valence-corrected chi connectivity index (χ3v) is 3.41. The third-order valence-electron chi connectivity index (χ3n) is 3.41. The Bertz CT molecular complexity index is 806. The van der Waals surface area contributed by atoms with Gasteiger partial charge < -0.3 is 15.6 Å². The van der Waals surface area contributed by atoms with Crippen LogP contribution in [0.3, 0.4) is 0 Å². The van der Waals surface area contributed by atoms with Crippen LogP contribution in [0.2, 0.25) is 0 Å². The van der Waals surface area contributed by atoms with Crippen LogP contribution in [0.25, 0.3) is 0 Å². The summed E-state index contributed by atoms with van der Waals surface area (Å²) < 4.78 is 0. The van der Waals surface area contributed by atoms with Crippen molar-refractivity contribution in [3.05, 3.63) is 61.9 Å². The van der Waals surface area contributed by atoms with Crippen LogP contribution in [0.5, 0.6) is 0 Å². The van der Waals surface area contributed by atoms with Crippen LogP contribution >= 0.6 is 0 Å². The highest BCUT2D eigenvalue weighted by atomic mass is 16.2. The first-order chi connectivity index (χ1) is 10.1. The molecule has 1 amide bonds. The van der Waals surface area contributed by atoms with E-state index in [1.165, 1.54) is 5.56 Å². The van der Waals surface area contributed by atoms with E-state index in [0.29, 0.717) is 5.69 Å². The lowest BCUT2D eigenvalue weighted by Gasteiger charge is -2.18. The molecule has 108 valence electrons. The van der Waals surface area contributed by atoms with Gasteiger partial charge in [0.05, 0.1) is 0 Å². The quantitative estimate of drug-likeness (QED) is 0.621. The maximum Gasteiger partial charge on any atom is 0.325 e. The van der Waals surface area contributed by atoms with Crippen LogP contribution in [0.4, 0.5) is 5.69 Å². The van der Waals surface area contributed by atoms with Crippen molar-refractivity contribution in [3.63, 3.8) is 0 Å². The van der Waals surface area contributed by atoms with Crippen LogP contribution in [0.15, 0.2) is 34.0 Å². The van der Waals surface area contributed by atoms with Crippen LogP contribution in [-0.2, 0) is 13.0 Å². The number of rotatable bonds is 2. The van der Waals surface area contributed by atoms with Gasteiger partial charge in [-0.1, -0.05) is 6.07 Å². The van der Waals surface area contributed by atoms with E-state index >= 15 is 0 Å². The Morgan fingerprint density at radius 1 is 1.19 bits per heavy atom. The van der Waals surface area contributed by atoms with Crippen molar-refractivity contribution in [2.45, 2.75) is 13.0 Å². The van der Waals surface area contributed by atoms with Gasteiger partial charge in [-0.15, -0.1) is 0 Å². The maximum absolute atomic E-state index is 12.0. The molecule has 1 aliphatic rings. The zero-order valence-electron chi connectivity index (χ0n) is 11.2. The summed E-state index contributed by atoms with van der Waals surface area (Å²) in [5, 5.41) is 5.92. The molecule has 0 radical (unpaired) electrons. The second kappa shape index (κ2) is 5.37. The normalized spacial score (nSPS) is 13.5. The molecule has 0 atom stereocenters. The fourth-order valence-corrected chi connectivity index (χ4v) is 2.34. The van der Waals surface area contributed by atoms with Gasteiger partial charge in [0, 0.05) is 18.4 Å². The number of amides is 1. The minimum atomic E-state index is -0.712. The lowest BCUT2D eigenvalue weighted by molar-refractivity contribution is 0.102. The number of hydrogen-bond donors (Lipinski definition) is 4. The van der Waals surface area contributed by atoms with E-state index in [1.54, 1.807) is 0 Å². The number of hydrogen-bond acceptors (Lipinski definition) is 4. The van der Waals surface area contributed by atoms with Crippen LogP contribution in [0.1, 0.15) is 21.5 Å². The monoisotopic (exact) mass is 286 g/mol. The average Bonchev–Trinajstić information content (AvgIpc) is 2.47. The van der Waals surface area contributed by atoms with Crippen molar-refractivity contribution >= 4 is 11.6 Å². The summed E-state index contributed by atoms with van der Waals surface area (Å²) in [7, 11) is 0. The molecule has 21 heavy (non-hydrogen) atoms. The molecule has 1 aliphatic heterocycles. The molecule has 0 saturated heterocycles. The number of benzene rings is 1. The highest BCUT2D eigenvalue weighted by Gasteiger charge is 2.13. The molecule has 1 aromatic carbocycles. The molecule has 0 fully saturated rings. The van der Waals surface area contributed by atoms with Gasteiger partial charge in [0.2, 0.25) is 0 Å². The first-order valence-electron chi connectivity index (χ1n) is 6.59. The number of carbonyl (C=O) groups excluding carboxylic acids is 1. The molecule has 1 aromatic heterocycles. The number of aromatic nitrogens is 2. The number of carbonyl (C=O) groups is 1. The Morgan fingerprint density at radius 3 is 2.86 bits per heavy atom. The van der Waals surface area contributed by atoms with Crippen molar-refractivity contribution in [1.82, 2.24) is 15.3 Å². The van der Waals surface area contributed by atoms with Crippen LogP contribution < -0.4 is 21.9 Å². The molecular formula is C14H14N4O3. The lowest BCUT2D eigenvalue weighted by Crippen LogP contribution is -2.29. The Morgan fingerprint density at radius 2 is 2.05 bits per heavy atom. The van der Waals surface area contributed by atoms with Crippen molar-refractivity contribution in [3.8, 4) is 0 Å². The molecule has 4 N–H and O–H groups in total. The Labute approximate surface area is 119 Å². The lowest BCUT2D eigenvalue weighted by atomic mass is 10.0. The van der Waals surface area contributed by atoms with E-state index in [-0.39, 0.29) is 5.56 Å². The van der Waals surface area contributed by atoms with Gasteiger partial charge in [-0.25, -0.2) is 4.79 Å². The topological polar surface area (TPSA) is 107 Å². The van der Waals surface area contributed by atoms with Crippen LogP contribution in [-0.4, -0.2) is 22.4 Å². The summed E-state index contributed by atoms with van der Waals surface area (Å²) in [6.07, 6.45) is 2.07. The molecule has 2 heterocycles. The van der Waals surface area contributed by atoms with Gasteiger partial charge in [0.15, 0.2) is 0 Å². The number of H-pyrrole nitrogens is 2. The summed E-state index contributed by atoms with van der Waals surface area (Å²) >= 11 is 0. The van der Waals surface area contributed by atoms with E-state index < -0.39 is 17.2 Å². The van der Waals surface area contributed by atoms with E-state index in [2.05, 4.69) is 15.6 Å². The summed E-state index contributed by atoms with van der Waals surface area (Å²) in [4.78, 5) is 38.8. The molecular weight excluding hydrogens is 272 g/mol. The first-order valence-corrected chi connectivity index (χ1v) is 6.59.